The van der Waals surface area contributed by atoms with E-state index >= 15 is 0 Å². The number of hydrogen-bond acceptors (Lipinski definition) is 7. The molecule has 0 radical (unpaired) electrons. The van der Waals surface area contributed by atoms with E-state index in [9.17, 15) is 14.4 Å². The van der Waals surface area contributed by atoms with Gasteiger partial charge in [0.15, 0.2) is 0 Å². The van der Waals surface area contributed by atoms with E-state index < -0.39 is 23.4 Å². The number of ether oxygens (including phenoxy) is 3. The molecule has 0 saturated heterocycles. The van der Waals surface area contributed by atoms with Gasteiger partial charge in [-0.05, 0) is 25.3 Å². The first-order chi connectivity index (χ1) is 10.4. The Kier molecular flexibility index (Phi) is 4.51. The number of amides is 1. The highest BCUT2D eigenvalue weighted by Crippen LogP contribution is 2.40. The van der Waals surface area contributed by atoms with Crippen molar-refractivity contribution in [3.05, 3.63) is 34.0 Å². The maximum atomic E-state index is 12.6. The fraction of sp³-hybridized carbons (Fsp3) is 0.357. The quantitative estimate of drug-likeness (QED) is 0.852. The molecule has 0 saturated carbocycles. The third-order valence-electron chi connectivity index (χ3n) is 2.88. The Bertz CT molecular complexity index is 636. The van der Waals surface area contributed by atoms with Crippen molar-refractivity contribution >= 4 is 29.2 Å². The summed E-state index contributed by atoms with van der Waals surface area (Å²) in [5.74, 6) is -1.80. The molecule has 0 aromatic carbocycles. The molecule has 0 bridgehead atoms. The maximum Gasteiger partial charge on any atom is 0.414 e. The van der Waals surface area contributed by atoms with Crippen LogP contribution in [0.25, 0.3) is 0 Å². The number of alkyl carbamates (subject to hydrolysis) is 1. The normalized spacial score (nSPS) is 20.6. The number of hydrogen-bond donors (Lipinski definition) is 1. The van der Waals surface area contributed by atoms with Crippen LogP contribution in [0.2, 0.25) is 0 Å². The molecule has 22 heavy (non-hydrogen) atoms. The van der Waals surface area contributed by atoms with Gasteiger partial charge in [-0.1, -0.05) is 6.07 Å². The first kappa shape index (κ1) is 16.0. The summed E-state index contributed by atoms with van der Waals surface area (Å²) in [6.07, 6.45) is -0.801. The molecule has 1 aromatic heterocycles. The number of thiophene rings is 1. The summed E-state index contributed by atoms with van der Waals surface area (Å²) in [7, 11) is 0. The SMILES string of the molecule is CCOC(=O)NC1=C(OC(C)=O)C(=O)C(C)(c2cccs2)O1. The van der Waals surface area contributed by atoms with Gasteiger partial charge < -0.3 is 14.2 Å². The third kappa shape index (κ3) is 2.96. The second kappa shape index (κ2) is 6.18. The Hall–Kier alpha value is -2.35. The minimum absolute atomic E-state index is 0.151. The van der Waals surface area contributed by atoms with Gasteiger partial charge in [-0.2, -0.15) is 0 Å². The van der Waals surface area contributed by atoms with E-state index in [0.29, 0.717) is 4.88 Å². The Balaban J connectivity index is 2.33. The summed E-state index contributed by atoms with van der Waals surface area (Å²) < 4.78 is 15.2. The number of esters is 1. The number of nitrogens with one attached hydrogen (secondary N) is 1. The van der Waals surface area contributed by atoms with Crippen molar-refractivity contribution in [3.8, 4) is 0 Å². The van der Waals surface area contributed by atoms with Gasteiger partial charge >= 0.3 is 12.1 Å². The van der Waals surface area contributed by atoms with Gasteiger partial charge in [-0.25, -0.2) is 4.79 Å². The summed E-state index contributed by atoms with van der Waals surface area (Å²) in [4.78, 5) is 35.9. The van der Waals surface area contributed by atoms with Crippen molar-refractivity contribution in [2.75, 3.05) is 6.61 Å². The van der Waals surface area contributed by atoms with Gasteiger partial charge in [-0.15, -0.1) is 11.3 Å². The molecule has 1 aliphatic rings. The van der Waals surface area contributed by atoms with E-state index in [-0.39, 0.29) is 18.2 Å². The summed E-state index contributed by atoms with van der Waals surface area (Å²) in [6, 6.07) is 3.49. The molecule has 118 valence electrons. The van der Waals surface area contributed by atoms with Gasteiger partial charge in [-0.3, -0.25) is 14.9 Å². The smallest absolute Gasteiger partial charge is 0.414 e. The fourth-order valence-electron chi connectivity index (χ4n) is 1.91. The lowest BCUT2D eigenvalue weighted by Gasteiger charge is -2.21. The van der Waals surface area contributed by atoms with E-state index in [1.807, 2.05) is 0 Å². The first-order valence-electron chi connectivity index (χ1n) is 6.52. The van der Waals surface area contributed by atoms with Crippen molar-refractivity contribution in [1.82, 2.24) is 5.32 Å². The average molecular weight is 325 g/mol. The summed E-state index contributed by atoms with van der Waals surface area (Å²) in [6.45, 7) is 4.49. The Morgan fingerprint density at radius 2 is 2.18 bits per heavy atom. The molecular formula is C14H15NO6S. The molecule has 7 nitrogen and oxygen atoms in total. The van der Waals surface area contributed by atoms with Crippen LogP contribution >= 0.6 is 11.3 Å². The number of rotatable bonds is 4. The van der Waals surface area contributed by atoms with Crippen molar-refractivity contribution in [2.24, 2.45) is 0 Å². The Morgan fingerprint density at radius 1 is 1.45 bits per heavy atom. The molecule has 8 heteroatoms. The fourth-order valence-corrected chi connectivity index (χ4v) is 2.73. The van der Waals surface area contributed by atoms with Crippen LogP contribution in [0.3, 0.4) is 0 Å². The molecule has 1 aliphatic heterocycles. The van der Waals surface area contributed by atoms with E-state index in [1.54, 1.807) is 31.4 Å². The lowest BCUT2D eigenvalue weighted by atomic mass is 9.99. The van der Waals surface area contributed by atoms with E-state index in [2.05, 4.69) is 5.32 Å². The van der Waals surface area contributed by atoms with Crippen LogP contribution in [0.15, 0.2) is 29.2 Å². The number of carbonyl (C=O) groups excluding carboxylic acids is 3. The monoisotopic (exact) mass is 325 g/mol. The molecule has 1 N–H and O–H groups in total. The zero-order valence-corrected chi connectivity index (χ0v) is 13.1. The van der Waals surface area contributed by atoms with E-state index in [4.69, 9.17) is 14.2 Å². The molecule has 1 amide bonds. The second-order valence-electron chi connectivity index (χ2n) is 4.54. The summed E-state index contributed by atoms with van der Waals surface area (Å²) in [5.41, 5.74) is -1.35. The number of Topliss-reactive ketones (excluding diaryl/α,β-unsaturated/α-hetero) is 1. The minimum Gasteiger partial charge on any atom is -0.455 e. The highest BCUT2D eigenvalue weighted by Gasteiger charge is 2.50. The molecule has 1 aromatic rings. The molecule has 2 heterocycles. The molecule has 0 fully saturated rings. The molecule has 1 unspecified atom stereocenters. The number of ketones is 1. The van der Waals surface area contributed by atoms with Gasteiger partial charge in [0, 0.05) is 6.92 Å². The van der Waals surface area contributed by atoms with E-state index in [0.717, 1.165) is 6.92 Å². The third-order valence-corrected chi connectivity index (χ3v) is 3.95. The van der Waals surface area contributed by atoms with Crippen LogP contribution in [0.5, 0.6) is 0 Å². The Morgan fingerprint density at radius 3 is 2.73 bits per heavy atom. The van der Waals surface area contributed by atoms with Crippen LogP contribution in [0.1, 0.15) is 25.6 Å². The standard InChI is InChI=1S/C14H15NO6S/c1-4-19-13(18)15-12-10(20-8(2)16)11(17)14(3,21-12)9-6-5-7-22-9/h5-7H,4H2,1-3H3,(H,15,18). The summed E-state index contributed by atoms with van der Waals surface area (Å²) in [5, 5.41) is 4.08. The molecule has 0 aliphatic carbocycles. The largest absolute Gasteiger partial charge is 0.455 e. The van der Waals surface area contributed by atoms with Crippen molar-refractivity contribution in [1.29, 1.82) is 0 Å². The van der Waals surface area contributed by atoms with Gasteiger partial charge in [0.05, 0.1) is 11.5 Å². The second-order valence-corrected chi connectivity index (χ2v) is 5.49. The van der Waals surface area contributed by atoms with Gasteiger partial charge in [0.25, 0.3) is 5.78 Å². The first-order valence-corrected chi connectivity index (χ1v) is 7.40. The Labute approximate surface area is 130 Å². The minimum atomic E-state index is -1.35. The lowest BCUT2D eigenvalue weighted by Crippen LogP contribution is -2.31. The molecule has 0 spiro atoms. The number of carbonyl (C=O) groups is 3. The van der Waals surface area contributed by atoms with E-state index in [1.165, 1.54) is 11.3 Å². The van der Waals surface area contributed by atoms with Crippen molar-refractivity contribution in [3.63, 3.8) is 0 Å². The zero-order valence-electron chi connectivity index (χ0n) is 12.3. The lowest BCUT2D eigenvalue weighted by molar-refractivity contribution is -0.142. The van der Waals surface area contributed by atoms with Gasteiger partial charge in [0.1, 0.15) is 0 Å². The van der Waals surface area contributed by atoms with Crippen LogP contribution < -0.4 is 5.32 Å². The highest BCUT2D eigenvalue weighted by molar-refractivity contribution is 7.10. The predicted octanol–water partition coefficient (Wildman–Crippen LogP) is 2.04. The van der Waals surface area contributed by atoms with Crippen molar-refractivity contribution < 1.29 is 28.6 Å². The maximum absolute atomic E-state index is 12.6. The van der Waals surface area contributed by atoms with Crippen LogP contribution in [0.4, 0.5) is 4.79 Å². The molecular weight excluding hydrogens is 310 g/mol. The highest BCUT2D eigenvalue weighted by atomic mass is 32.1. The average Bonchev–Trinajstić information content (AvgIpc) is 3.03. The predicted molar refractivity (Wildman–Crippen MR) is 76.7 cm³/mol. The zero-order chi connectivity index (χ0) is 16.3. The van der Waals surface area contributed by atoms with Crippen LogP contribution in [0, 0.1) is 0 Å². The van der Waals surface area contributed by atoms with Crippen LogP contribution in [-0.2, 0) is 29.4 Å². The topological polar surface area (TPSA) is 90.9 Å². The molecule has 2 rings (SSSR count). The van der Waals surface area contributed by atoms with Crippen LogP contribution in [-0.4, -0.2) is 24.5 Å². The van der Waals surface area contributed by atoms with Crippen molar-refractivity contribution in [2.45, 2.75) is 26.4 Å². The summed E-state index contributed by atoms with van der Waals surface area (Å²) >= 11 is 1.32. The van der Waals surface area contributed by atoms with Gasteiger partial charge in [0.2, 0.25) is 17.2 Å². The molecule has 1 atom stereocenters.